The van der Waals surface area contributed by atoms with Gasteiger partial charge in [0, 0.05) is 23.9 Å². The lowest BCUT2D eigenvalue weighted by molar-refractivity contribution is 0.100. The Morgan fingerprint density at radius 1 is 1.41 bits per heavy atom. The molecule has 1 atom stereocenters. The molecule has 7 heteroatoms. The van der Waals surface area contributed by atoms with Crippen LogP contribution in [0.3, 0.4) is 0 Å². The molecule has 1 unspecified atom stereocenters. The second-order valence-corrected chi connectivity index (χ2v) is 6.37. The quantitative estimate of drug-likeness (QED) is 0.408. The molecule has 1 heterocycles. The lowest BCUT2D eigenvalue weighted by atomic mass is 9.89. The number of hydrogen-bond donors (Lipinski definition) is 5. The molecule has 8 N–H and O–H groups in total. The summed E-state index contributed by atoms with van der Waals surface area (Å²) in [6.45, 7) is 6.18. The first kappa shape index (κ1) is 19.9. The summed E-state index contributed by atoms with van der Waals surface area (Å²) < 4.78 is 0. The average Bonchev–Trinajstić information content (AvgIpc) is 3.06. The second-order valence-electron chi connectivity index (χ2n) is 6.37. The molecule has 27 heavy (non-hydrogen) atoms. The minimum Gasteiger partial charge on any atom is -0.404 e. The summed E-state index contributed by atoms with van der Waals surface area (Å²) in [6.07, 6.45) is 2.58. The molecule has 142 valence electrons. The number of benzene rings is 1. The summed E-state index contributed by atoms with van der Waals surface area (Å²) in [5.41, 5.74) is 22.4. The fourth-order valence-corrected chi connectivity index (χ4v) is 2.83. The average molecular weight is 366 g/mol. The van der Waals surface area contributed by atoms with Crippen molar-refractivity contribution in [3.63, 3.8) is 0 Å². The standard InChI is InChI=1S/C20H26N6O/c1-5-11(2)15(10-21)14-8-12(3)13(9-16(14)22)6-7-17-18(19(23)27)20(24-4)26-25-17/h8-11H,5,21-22H2,1-4H3,(H2,23,27)(H2,24,25,26)/b15-10-. The Labute approximate surface area is 159 Å². The summed E-state index contributed by atoms with van der Waals surface area (Å²) in [7, 11) is 1.66. The number of anilines is 2. The second kappa shape index (κ2) is 8.32. The normalized spacial score (nSPS) is 12.2. The highest BCUT2D eigenvalue weighted by Gasteiger charge is 2.16. The van der Waals surface area contributed by atoms with Crippen LogP contribution in [0.25, 0.3) is 5.57 Å². The number of aromatic amines is 1. The zero-order chi connectivity index (χ0) is 20.1. The van der Waals surface area contributed by atoms with E-state index in [0.29, 0.717) is 23.1 Å². The molecule has 2 rings (SSSR count). The van der Waals surface area contributed by atoms with Crippen LogP contribution in [0.4, 0.5) is 11.5 Å². The summed E-state index contributed by atoms with van der Waals surface area (Å²) in [4.78, 5) is 11.7. The third-order valence-electron chi connectivity index (χ3n) is 4.60. The van der Waals surface area contributed by atoms with E-state index in [1.807, 2.05) is 19.1 Å². The van der Waals surface area contributed by atoms with Crippen LogP contribution < -0.4 is 22.5 Å². The summed E-state index contributed by atoms with van der Waals surface area (Å²) in [6, 6.07) is 3.81. The van der Waals surface area contributed by atoms with E-state index in [1.165, 1.54) is 0 Å². The third-order valence-corrected chi connectivity index (χ3v) is 4.60. The maximum absolute atomic E-state index is 11.7. The van der Waals surface area contributed by atoms with Crippen LogP contribution in [0.5, 0.6) is 0 Å². The van der Waals surface area contributed by atoms with E-state index in [-0.39, 0.29) is 5.56 Å². The Kier molecular flexibility index (Phi) is 6.14. The van der Waals surface area contributed by atoms with Gasteiger partial charge >= 0.3 is 0 Å². The molecule has 1 aromatic heterocycles. The number of aromatic nitrogens is 2. The molecule has 1 amide bonds. The van der Waals surface area contributed by atoms with Gasteiger partial charge in [0.2, 0.25) is 0 Å². The minimum absolute atomic E-state index is 0.234. The smallest absolute Gasteiger partial charge is 0.255 e. The number of allylic oxidation sites excluding steroid dienone is 1. The largest absolute Gasteiger partial charge is 0.404 e. The Balaban J connectivity index is 2.47. The predicted molar refractivity (Wildman–Crippen MR) is 110 cm³/mol. The minimum atomic E-state index is -0.602. The number of nitrogens with one attached hydrogen (secondary N) is 2. The molecule has 0 saturated carbocycles. The van der Waals surface area contributed by atoms with Crippen LogP contribution in [0.2, 0.25) is 0 Å². The van der Waals surface area contributed by atoms with E-state index >= 15 is 0 Å². The van der Waals surface area contributed by atoms with Gasteiger partial charge < -0.3 is 22.5 Å². The number of rotatable bonds is 5. The Hall–Kier alpha value is -3.40. The van der Waals surface area contributed by atoms with Gasteiger partial charge in [0.1, 0.15) is 11.3 Å². The van der Waals surface area contributed by atoms with E-state index in [1.54, 1.807) is 13.2 Å². The lowest BCUT2D eigenvalue weighted by Gasteiger charge is -2.17. The highest BCUT2D eigenvalue weighted by molar-refractivity contribution is 5.99. The number of primary amides is 1. The van der Waals surface area contributed by atoms with Crippen molar-refractivity contribution in [3.8, 4) is 11.8 Å². The lowest BCUT2D eigenvalue weighted by Crippen LogP contribution is -2.13. The van der Waals surface area contributed by atoms with Crippen molar-refractivity contribution >= 4 is 23.0 Å². The Bertz CT molecular complexity index is 945. The number of amides is 1. The van der Waals surface area contributed by atoms with Gasteiger partial charge in [-0.2, -0.15) is 5.10 Å². The van der Waals surface area contributed by atoms with Crippen LogP contribution in [0, 0.1) is 24.7 Å². The first-order valence-electron chi connectivity index (χ1n) is 8.74. The third kappa shape index (κ3) is 4.06. The molecule has 1 aromatic carbocycles. The van der Waals surface area contributed by atoms with Crippen LogP contribution in [0.15, 0.2) is 18.3 Å². The maximum atomic E-state index is 11.7. The van der Waals surface area contributed by atoms with E-state index < -0.39 is 5.91 Å². The van der Waals surface area contributed by atoms with Gasteiger partial charge in [-0.1, -0.05) is 19.8 Å². The number of carbonyl (C=O) groups excluding carboxylic acids is 1. The summed E-state index contributed by atoms with van der Waals surface area (Å²) in [5.74, 6) is 6.04. The molecule has 0 bridgehead atoms. The summed E-state index contributed by atoms with van der Waals surface area (Å²) in [5, 5.41) is 9.54. The van der Waals surface area contributed by atoms with Crippen molar-refractivity contribution in [2.75, 3.05) is 18.1 Å². The van der Waals surface area contributed by atoms with Crippen LogP contribution in [-0.2, 0) is 0 Å². The van der Waals surface area contributed by atoms with Gasteiger partial charge in [0.15, 0.2) is 5.82 Å². The van der Waals surface area contributed by atoms with Crippen molar-refractivity contribution in [2.24, 2.45) is 17.4 Å². The number of nitrogen functional groups attached to an aromatic ring is 1. The SMILES string of the molecule is CCC(C)/C(=C/N)c1cc(C)c(C#Cc2[nH]nc(NC)c2C(N)=O)cc1N. The number of carbonyl (C=O) groups is 1. The molecular weight excluding hydrogens is 340 g/mol. The first-order valence-corrected chi connectivity index (χ1v) is 8.74. The molecule has 0 aliphatic heterocycles. The summed E-state index contributed by atoms with van der Waals surface area (Å²) >= 11 is 0. The van der Waals surface area contributed by atoms with Crippen LogP contribution in [0.1, 0.15) is 53.0 Å². The molecule has 7 nitrogen and oxygen atoms in total. The van der Waals surface area contributed by atoms with Crippen molar-refractivity contribution < 1.29 is 4.79 Å². The molecule has 0 saturated heterocycles. The van der Waals surface area contributed by atoms with Crippen molar-refractivity contribution in [1.29, 1.82) is 0 Å². The molecule has 2 aromatic rings. The van der Waals surface area contributed by atoms with Gasteiger partial charge in [-0.05, 0) is 54.7 Å². The van der Waals surface area contributed by atoms with E-state index in [0.717, 1.165) is 28.7 Å². The van der Waals surface area contributed by atoms with Crippen LogP contribution >= 0.6 is 0 Å². The molecule has 0 radical (unpaired) electrons. The van der Waals surface area contributed by atoms with E-state index in [2.05, 4.69) is 41.2 Å². The molecule has 0 aliphatic carbocycles. The number of aryl methyl sites for hydroxylation is 1. The van der Waals surface area contributed by atoms with Gasteiger partial charge in [0.25, 0.3) is 5.91 Å². The molecule has 0 aliphatic rings. The topological polar surface area (TPSA) is 136 Å². The first-order chi connectivity index (χ1) is 12.8. The van der Waals surface area contributed by atoms with Gasteiger partial charge in [0.05, 0.1) is 0 Å². The fraction of sp³-hybridized carbons (Fsp3) is 0.300. The van der Waals surface area contributed by atoms with Crippen molar-refractivity contribution in [3.05, 3.63) is 46.3 Å². The number of nitrogens with zero attached hydrogens (tertiary/aromatic N) is 1. The zero-order valence-corrected chi connectivity index (χ0v) is 16.1. The fourth-order valence-electron chi connectivity index (χ4n) is 2.83. The van der Waals surface area contributed by atoms with Gasteiger partial charge in [-0.25, -0.2) is 0 Å². The Morgan fingerprint density at radius 3 is 2.67 bits per heavy atom. The van der Waals surface area contributed by atoms with E-state index in [9.17, 15) is 4.79 Å². The van der Waals surface area contributed by atoms with Gasteiger partial charge in [-0.3, -0.25) is 9.89 Å². The highest BCUT2D eigenvalue weighted by Crippen LogP contribution is 2.31. The predicted octanol–water partition coefficient (Wildman–Crippen LogP) is 2.19. The molecule has 0 fully saturated rings. The van der Waals surface area contributed by atoms with Gasteiger partial charge in [-0.15, -0.1) is 0 Å². The molecular formula is C20H26N6O. The maximum Gasteiger partial charge on any atom is 0.255 e. The van der Waals surface area contributed by atoms with Crippen LogP contribution in [-0.4, -0.2) is 23.2 Å². The Morgan fingerprint density at radius 2 is 2.11 bits per heavy atom. The molecule has 0 spiro atoms. The highest BCUT2D eigenvalue weighted by atomic mass is 16.1. The monoisotopic (exact) mass is 366 g/mol. The number of hydrogen-bond acceptors (Lipinski definition) is 5. The van der Waals surface area contributed by atoms with E-state index in [4.69, 9.17) is 17.2 Å². The number of H-pyrrole nitrogens is 1. The van der Waals surface area contributed by atoms with Crippen molar-refractivity contribution in [1.82, 2.24) is 10.2 Å². The zero-order valence-electron chi connectivity index (χ0n) is 16.1. The van der Waals surface area contributed by atoms with Crippen molar-refractivity contribution in [2.45, 2.75) is 27.2 Å². The number of nitrogens with two attached hydrogens (primary N) is 3.